The number of rotatable bonds is 2. The topological polar surface area (TPSA) is 79.5 Å². The second-order valence-electron chi connectivity index (χ2n) is 5.65. The molecule has 0 aromatic heterocycles. The molecule has 0 saturated carbocycles. The Hall–Kier alpha value is -3.28. The molecule has 2 aromatic carbocycles. The Morgan fingerprint density at radius 2 is 1.76 bits per heavy atom. The molecule has 2 aromatic rings. The van der Waals surface area contributed by atoms with Gasteiger partial charge in [-0.05, 0) is 18.6 Å². The van der Waals surface area contributed by atoms with E-state index in [9.17, 15) is 9.59 Å². The van der Waals surface area contributed by atoms with Crippen molar-refractivity contribution in [3.63, 3.8) is 0 Å². The van der Waals surface area contributed by atoms with Crippen molar-refractivity contribution in [1.82, 2.24) is 10.6 Å². The molecule has 0 unspecified atom stereocenters. The van der Waals surface area contributed by atoms with Crippen molar-refractivity contribution in [1.29, 1.82) is 0 Å². The summed E-state index contributed by atoms with van der Waals surface area (Å²) in [6.45, 7) is 1.64. The van der Waals surface area contributed by atoms with Crippen LogP contribution in [0, 0.1) is 0 Å². The van der Waals surface area contributed by atoms with E-state index in [2.05, 4.69) is 20.7 Å². The zero-order valence-corrected chi connectivity index (χ0v) is 14.0. The molecule has 0 spiro atoms. The molecule has 0 bridgehead atoms. The third-order valence-corrected chi connectivity index (χ3v) is 4.02. The summed E-state index contributed by atoms with van der Waals surface area (Å²) in [6, 6.07) is 17.1. The first-order chi connectivity index (χ1) is 12.1. The van der Waals surface area contributed by atoms with Crippen molar-refractivity contribution < 1.29 is 14.3 Å². The van der Waals surface area contributed by atoms with Crippen molar-refractivity contribution >= 4 is 17.7 Å². The molecule has 2 amide bonds. The smallest absolute Gasteiger partial charge is 0.411 e. The number of hydrogen-bond acceptors (Lipinski definition) is 4. The molecule has 6 nitrogen and oxygen atoms in total. The van der Waals surface area contributed by atoms with Crippen LogP contribution in [0.15, 0.2) is 66.0 Å². The van der Waals surface area contributed by atoms with Gasteiger partial charge in [0.05, 0.1) is 13.2 Å². The summed E-state index contributed by atoms with van der Waals surface area (Å²) in [4.78, 5) is 24.2. The van der Waals surface area contributed by atoms with Gasteiger partial charge in [-0.25, -0.2) is 4.79 Å². The van der Waals surface area contributed by atoms with Gasteiger partial charge in [0, 0.05) is 16.9 Å². The number of carbonyl (C=O) groups is 2. The average molecular weight is 337 g/mol. The van der Waals surface area contributed by atoms with Gasteiger partial charge in [0.2, 0.25) is 0 Å². The number of nitrogens with one attached hydrogen (secondary N) is 3. The molecular formula is C19H19N3O3. The van der Waals surface area contributed by atoms with Gasteiger partial charge in [-0.3, -0.25) is 10.1 Å². The highest BCUT2D eigenvalue weighted by Gasteiger charge is 2.27. The van der Waals surface area contributed by atoms with Gasteiger partial charge in [-0.1, -0.05) is 48.5 Å². The van der Waals surface area contributed by atoms with Crippen LogP contribution in [0.5, 0.6) is 0 Å². The molecule has 1 aliphatic rings. The van der Waals surface area contributed by atoms with E-state index in [4.69, 9.17) is 0 Å². The molecule has 1 aliphatic heterocycles. The lowest BCUT2D eigenvalue weighted by atomic mass is 9.97. The van der Waals surface area contributed by atoms with E-state index in [0.717, 1.165) is 16.8 Å². The molecular weight excluding hydrogens is 318 g/mol. The van der Waals surface area contributed by atoms with Gasteiger partial charge in [0.15, 0.2) is 0 Å². The highest BCUT2D eigenvalue weighted by Crippen LogP contribution is 2.32. The normalized spacial score (nSPS) is 18.2. The van der Waals surface area contributed by atoms with Crippen molar-refractivity contribution in [2.45, 2.75) is 13.0 Å². The molecule has 1 heterocycles. The Bertz CT molecular complexity index is 831. The number of alkyl carbamates (subject to hydrolysis) is 1. The number of anilines is 1. The number of amides is 2. The minimum absolute atomic E-state index is 0.274. The largest absolute Gasteiger partial charge is 0.453 e. The number of methoxy groups -OCH3 is 1. The quantitative estimate of drug-likeness (QED) is 0.736. The molecule has 3 N–H and O–H groups in total. The monoisotopic (exact) mass is 337 g/mol. The lowest BCUT2D eigenvalue weighted by Gasteiger charge is -2.18. The first-order valence-electron chi connectivity index (χ1n) is 7.87. The van der Waals surface area contributed by atoms with E-state index < -0.39 is 6.09 Å². The number of allylic oxidation sites excluding steroid dienone is 1. The Balaban J connectivity index is 2.05. The van der Waals surface area contributed by atoms with Gasteiger partial charge in [-0.15, -0.1) is 0 Å². The lowest BCUT2D eigenvalue weighted by molar-refractivity contribution is -0.117. The zero-order chi connectivity index (χ0) is 17.8. The molecule has 0 aliphatic carbocycles. The second kappa shape index (κ2) is 7.09. The maximum Gasteiger partial charge on any atom is 0.411 e. The predicted molar refractivity (Wildman–Crippen MR) is 94.7 cm³/mol. The first kappa shape index (κ1) is 16.6. The summed E-state index contributed by atoms with van der Waals surface area (Å²) in [7, 11) is 1.27. The Morgan fingerprint density at radius 3 is 2.48 bits per heavy atom. The van der Waals surface area contributed by atoms with E-state index >= 15 is 0 Å². The molecule has 25 heavy (non-hydrogen) atoms. The molecule has 0 fully saturated rings. The van der Waals surface area contributed by atoms with Crippen LogP contribution in [-0.4, -0.2) is 19.1 Å². The molecule has 128 valence electrons. The van der Waals surface area contributed by atoms with Gasteiger partial charge >= 0.3 is 6.09 Å². The number of ether oxygens (including phenoxy) is 1. The summed E-state index contributed by atoms with van der Waals surface area (Å²) >= 11 is 0. The summed E-state index contributed by atoms with van der Waals surface area (Å²) in [5.74, 6) is -0.307. The molecule has 1 atom stereocenters. The maximum atomic E-state index is 12.8. The Morgan fingerprint density at radius 1 is 1.08 bits per heavy atom. The van der Waals surface area contributed by atoms with Crippen molar-refractivity contribution in [2.75, 3.05) is 12.4 Å². The fourth-order valence-corrected chi connectivity index (χ4v) is 2.77. The number of fused-ring (bicyclic) bond motifs is 1. The standard InChI is InChI=1S/C19H19N3O3/c1-12(20-19(24)25-2)16-18(23)22-17(13-8-4-3-5-9-13)14-10-6-7-11-15(14)21-16/h3-11,17,21H,1-2H3,(H,20,24)(H,22,23)/b16-12+/t17-/m0/s1. The van der Waals surface area contributed by atoms with Gasteiger partial charge in [0.25, 0.3) is 5.91 Å². The van der Waals surface area contributed by atoms with E-state index in [-0.39, 0.29) is 17.6 Å². The fraction of sp³-hybridized carbons (Fsp3) is 0.158. The van der Waals surface area contributed by atoms with Gasteiger partial charge in [-0.2, -0.15) is 0 Å². The third-order valence-electron chi connectivity index (χ3n) is 4.02. The summed E-state index contributed by atoms with van der Waals surface area (Å²) in [6.07, 6.45) is -0.628. The SMILES string of the molecule is COC(=O)N/C(C)=C1/Nc2ccccc2[C@H](c2ccccc2)NC1=O. The van der Waals surface area contributed by atoms with Crippen LogP contribution in [0.4, 0.5) is 10.5 Å². The molecule has 6 heteroatoms. The van der Waals surface area contributed by atoms with E-state index in [1.165, 1.54) is 7.11 Å². The van der Waals surface area contributed by atoms with Crippen LogP contribution in [0.3, 0.4) is 0 Å². The van der Waals surface area contributed by atoms with Crippen LogP contribution < -0.4 is 16.0 Å². The van der Waals surface area contributed by atoms with Gasteiger partial charge in [0.1, 0.15) is 5.70 Å². The highest BCUT2D eigenvalue weighted by atomic mass is 16.5. The van der Waals surface area contributed by atoms with E-state index in [1.54, 1.807) is 6.92 Å². The summed E-state index contributed by atoms with van der Waals surface area (Å²) in [5.41, 5.74) is 3.38. The first-order valence-corrected chi connectivity index (χ1v) is 7.87. The van der Waals surface area contributed by atoms with Crippen LogP contribution in [0.1, 0.15) is 24.1 Å². The minimum atomic E-state index is -0.628. The lowest BCUT2D eigenvalue weighted by Crippen LogP contribution is -2.33. The number of para-hydroxylation sites is 1. The van der Waals surface area contributed by atoms with Crippen LogP contribution >= 0.6 is 0 Å². The average Bonchev–Trinajstić information content (AvgIpc) is 2.79. The van der Waals surface area contributed by atoms with Crippen molar-refractivity contribution in [3.8, 4) is 0 Å². The molecule has 0 saturated heterocycles. The van der Waals surface area contributed by atoms with Crippen LogP contribution in [0.2, 0.25) is 0 Å². The fourth-order valence-electron chi connectivity index (χ4n) is 2.77. The number of carbonyl (C=O) groups excluding carboxylic acids is 2. The van der Waals surface area contributed by atoms with Crippen LogP contribution in [-0.2, 0) is 9.53 Å². The van der Waals surface area contributed by atoms with Crippen molar-refractivity contribution in [2.24, 2.45) is 0 Å². The third kappa shape index (κ3) is 3.47. The summed E-state index contributed by atoms with van der Waals surface area (Å²) < 4.78 is 4.59. The summed E-state index contributed by atoms with van der Waals surface area (Å²) in [5, 5.41) is 8.70. The zero-order valence-electron chi connectivity index (χ0n) is 14.0. The Labute approximate surface area is 145 Å². The van der Waals surface area contributed by atoms with E-state index in [1.807, 2.05) is 54.6 Å². The number of hydrogen-bond donors (Lipinski definition) is 3. The Kier molecular flexibility index (Phi) is 4.70. The van der Waals surface area contributed by atoms with Crippen molar-refractivity contribution in [3.05, 3.63) is 77.1 Å². The number of benzene rings is 2. The molecule has 3 rings (SSSR count). The minimum Gasteiger partial charge on any atom is -0.453 e. The maximum absolute atomic E-state index is 12.8. The molecule has 0 radical (unpaired) electrons. The highest BCUT2D eigenvalue weighted by molar-refractivity contribution is 5.99. The predicted octanol–water partition coefficient (Wildman–Crippen LogP) is 2.91. The van der Waals surface area contributed by atoms with E-state index in [0.29, 0.717) is 5.70 Å². The van der Waals surface area contributed by atoms with Crippen LogP contribution in [0.25, 0.3) is 0 Å². The second-order valence-corrected chi connectivity index (χ2v) is 5.65. The van der Waals surface area contributed by atoms with Gasteiger partial charge < -0.3 is 15.4 Å².